The molecular weight excluding hydrogens is 258 g/mol. The maximum absolute atomic E-state index is 5.00. The van der Waals surface area contributed by atoms with E-state index >= 15 is 0 Å². The fourth-order valence-corrected chi connectivity index (χ4v) is 4.13. The summed E-state index contributed by atoms with van der Waals surface area (Å²) < 4.78 is 5.00. The third kappa shape index (κ3) is 2.98. The van der Waals surface area contributed by atoms with Crippen LogP contribution < -0.4 is 10.4 Å². The molecule has 0 aliphatic rings. The summed E-state index contributed by atoms with van der Waals surface area (Å²) in [7, 11) is -1.13. The van der Waals surface area contributed by atoms with Gasteiger partial charge < -0.3 is 0 Å². The highest BCUT2D eigenvalue weighted by atomic mass is 28.2. The molecule has 3 rings (SSSR count). The topological polar surface area (TPSA) is 12.4 Å². The van der Waals surface area contributed by atoms with E-state index in [-0.39, 0.29) is 0 Å². The van der Waals surface area contributed by atoms with Crippen molar-refractivity contribution < 1.29 is 0 Å². The third-order valence-electron chi connectivity index (χ3n) is 3.09. The second-order valence-electron chi connectivity index (χ2n) is 4.53. The minimum absolute atomic E-state index is 1.05. The van der Waals surface area contributed by atoms with E-state index in [1.807, 2.05) is 18.2 Å². The van der Waals surface area contributed by atoms with Crippen LogP contribution in [0, 0.1) is 0 Å². The zero-order valence-corrected chi connectivity index (χ0v) is 12.1. The first-order chi connectivity index (χ1) is 9.93. The van der Waals surface area contributed by atoms with Crippen LogP contribution in [-0.4, -0.2) is 8.59 Å². The Kier molecular flexibility index (Phi) is 3.95. The normalized spacial score (nSPS) is 10.0. The van der Waals surface area contributed by atoms with Crippen LogP contribution in [0.3, 0.4) is 0 Å². The van der Waals surface area contributed by atoms with Crippen molar-refractivity contribution in [3.63, 3.8) is 0 Å². The zero-order chi connectivity index (χ0) is 13.6. The molecule has 0 heterocycles. The molecule has 0 N–H and O–H groups in total. The van der Waals surface area contributed by atoms with E-state index in [1.165, 1.54) is 10.4 Å². The van der Waals surface area contributed by atoms with E-state index in [4.69, 9.17) is 4.63 Å². The van der Waals surface area contributed by atoms with Crippen LogP contribution in [0.5, 0.6) is 0 Å². The Morgan fingerprint density at radius 3 is 1.35 bits per heavy atom. The molecule has 0 fully saturated rings. The molecule has 0 spiro atoms. The molecule has 0 saturated heterocycles. The summed E-state index contributed by atoms with van der Waals surface area (Å²) in [4.78, 5) is 0. The fourth-order valence-electron chi connectivity index (χ4n) is 2.12. The van der Waals surface area contributed by atoms with Gasteiger partial charge in [-0.15, -0.1) is 0 Å². The van der Waals surface area contributed by atoms with E-state index in [0.29, 0.717) is 0 Å². The summed E-state index contributed by atoms with van der Waals surface area (Å²) in [6, 6.07) is 31.4. The van der Waals surface area contributed by atoms with Gasteiger partial charge in [0.1, 0.15) is 0 Å². The zero-order valence-electron chi connectivity index (χ0n) is 11.1. The van der Waals surface area contributed by atoms with E-state index < -0.39 is 8.59 Å². The molecule has 0 unspecified atom stereocenters. The summed E-state index contributed by atoms with van der Waals surface area (Å²) in [5, 5.41) is 2.63. The van der Waals surface area contributed by atoms with E-state index in [2.05, 4.69) is 72.8 Å². The minimum atomic E-state index is -1.13. The molecule has 3 aromatic rings. The Hall–Kier alpha value is -2.32. The SMILES string of the molecule is c1ccc(N=[Si](c2ccccc2)c2ccccc2)cc1. The summed E-state index contributed by atoms with van der Waals surface area (Å²) in [5.41, 5.74) is 1.05. The van der Waals surface area contributed by atoms with Gasteiger partial charge in [0.2, 0.25) is 0 Å². The highest BCUT2D eigenvalue weighted by Crippen LogP contribution is 2.09. The predicted octanol–water partition coefficient (Wildman–Crippen LogP) is 3.39. The Bertz CT molecular complexity index is 650. The van der Waals surface area contributed by atoms with Gasteiger partial charge in [0, 0.05) is 0 Å². The minimum Gasteiger partial charge on any atom is -0.292 e. The summed E-state index contributed by atoms with van der Waals surface area (Å²) >= 11 is 0. The molecule has 0 aromatic heterocycles. The first-order valence-electron chi connectivity index (χ1n) is 6.68. The van der Waals surface area contributed by atoms with Gasteiger partial charge in [-0.1, -0.05) is 78.9 Å². The fraction of sp³-hybridized carbons (Fsp3) is 0. The lowest BCUT2D eigenvalue weighted by molar-refractivity contribution is 1.54. The van der Waals surface area contributed by atoms with Crippen molar-refractivity contribution in [2.24, 2.45) is 4.63 Å². The van der Waals surface area contributed by atoms with Gasteiger partial charge in [-0.3, -0.25) is 4.63 Å². The second-order valence-corrected chi connectivity index (χ2v) is 6.60. The highest BCUT2D eigenvalue weighted by Gasteiger charge is 2.08. The number of hydrogen-bond acceptors (Lipinski definition) is 1. The molecule has 0 bridgehead atoms. The molecule has 2 heteroatoms. The lowest BCUT2D eigenvalue weighted by atomic mass is 10.3. The van der Waals surface area contributed by atoms with Crippen LogP contribution in [0.2, 0.25) is 0 Å². The Morgan fingerprint density at radius 1 is 0.500 bits per heavy atom. The smallest absolute Gasteiger partial charge is 0.198 e. The molecule has 0 aliphatic heterocycles. The van der Waals surface area contributed by atoms with Crippen molar-refractivity contribution in [2.45, 2.75) is 0 Å². The maximum atomic E-state index is 5.00. The standard InChI is InChI=1S/C18H15NSi/c1-4-10-16(11-5-1)19-20(17-12-6-2-7-13-17)18-14-8-3-9-15-18/h1-15H. The average molecular weight is 273 g/mol. The molecular formula is C18H15NSi. The molecule has 96 valence electrons. The van der Waals surface area contributed by atoms with Crippen LogP contribution in [0.25, 0.3) is 0 Å². The van der Waals surface area contributed by atoms with Gasteiger partial charge in [0.25, 0.3) is 0 Å². The lowest BCUT2D eigenvalue weighted by Crippen LogP contribution is -2.33. The number of nitrogens with zero attached hydrogens (tertiary/aromatic N) is 1. The van der Waals surface area contributed by atoms with Gasteiger partial charge in [0.15, 0.2) is 8.59 Å². The van der Waals surface area contributed by atoms with Crippen LogP contribution in [-0.2, 0) is 0 Å². The quantitative estimate of drug-likeness (QED) is 0.649. The first-order valence-corrected chi connectivity index (χ1v) is 8.13. The van der Waals surface area contributed by atoms with E-state index in [1.54, 1.807) is 0 Å². The summed E-state index contributed by atoms with van der Waals surface area (Å²) in [6.07, 6.45) is 0. The Morgan fingerprint density at radius 2 is 0.900 bits per heavy atom. The second kappa shape index (κ2) is 6.22. The van der Waals surface area contributed by atoms with Crippen molar-refractivity contribution >= 4 is 24.7 Å². The highest BCUT2D eigenvalue weighted by molar-refractivity contribution is 6.76. The van der Waals surface area contributed by atoms with Crippen LogP contribution in [0.1, 0.15) is 0 Å². The van der Waals surface area contributed by atoms with E-state index in [0.717, 1.165) is 5.69 Å². The van der Waals surface area contributed by atoms with Gasteiger partial charge in [0.05, 0.1) is 5.69 Å². The molecule has 1 nitrogen and oxygen atoms in total. The van der Waals surface area contributed by atoms with Crippen LogP contribution in [0.4, 0.5) is 5.69 Å². The molecule has 20 heavy (non-hydrogen) atoms. The van der Waals surface area contributed by atoms with Gasteiger partial charge in [-0.05, 0) is 22.5 Å². The van der Waals surface area contributed by atoms with Crippen molar-refractivity contribution in [3.05, 3.63) is 91.0 Å². The molecule has 0 aliphatic carbocycles. The maximum Gasteiger partial charge on any atom is 0.198 e. The number of hydrogen-bond donors (Lipinski definition) is 0. The molecule has 0 atom stereocenters. The summed E-state index contributed by atoms with van der Waals surface area (Å²) in [6.45, 7) is 0. The van der Waals surface area contributed by atoms with Crippen molar-refractivity contribution in [1.82, 2.24) is 0 Å². The van der Waals surface area contributed by atoms with Crippen molar-refractivity contribution in [3.8, 4) is 0 Å². The third-order valence-corrected chi connectivity index (χ3v) is 5.33. The Balaban J connectivity index is 2.12. The van der Waals surface area contributed by atoms with Gasteiger partial charge >= 0.3 is 0 Å². The molecule has 3 aromatic carbocycles. The van der Waals surface area contributed by atoms with Gasteiger partial charge in [-0.25, -0.2) is 0 Å². The van der Waals surface area contributed by atoms with Crippen LogP contribution >= 0.6 is 0 Å². The number of benzene rings is 3. The first kappa shape index (κ1) is 12.7. The van der Waals surface area contributed by atoms with E-state index in [9.17, 15) is 0 Å². The van der Waals surface area contributed by atoms with Crippen molar-refractivity contribution in [1.29, 1.82) is 0 Å². The van der Waals surface area contributed by atoms with Gasteiger partial charge in [-0.2, -0.15) is 0 Å². The van der Waals surface area contributed by atoms with Crippen LogP contribution in [0.15, 0.2) is 95.6 Å². The molecule has 0 radical (unpaired) electrons. The number of rotatable bonds is 3. The molecule has 0 amide bonds. The Labute approximate surface area is 120 Å². The monoisotopic (exact) mass is 273 g/mol. The average Bonchev–Trinajstić information content (AvgIpc) is 2.55. The van der Waals surface area contributed by atoms with Crippen molar-refractivity contribution in [2.75, 3.05) is 0 Å². The largest absolute Gasteiger partial charge is 0.292 e. The predicted molar refractivity (Wildman–Crippen MR) is 86.4 cm³/mol. The summed E-state index contributed by atoms with van der Waals surface area (Å²) in [5.74, 6) is 0. The lowest BCUT2D eigenvalue weighted by Gasteiger charge is -2.06. The molecule has 0 saturated carbocycles.